The molecule has 4 aromatic heterocycles. The Kier molecular flexibility index (Phi) is 11.2. The number of carbonyl (C=O) groups excluding carboxylic acids is 2. The number of fused-ring (bicyclic) bond motifs is 1. The van der Waals surface area contributed by atoms with Crippen LogP contribution in [-0.4, -0.2) is 88.9 Å². The van der Waals surface area contributed by atoms with E-state index in [4.69, 9.17) is 21.1 Å². The quantitative estimate of drug-likeness (QED) is 0.153. The number of nitrogens with zero attached hydrogens (tertiary/aromatic N) is 8. The van der Waals surface area contributed by atoms with Gasteiger partial charge in [0.15, 0.2) is 0 Å². The minimum Gasteiger partial charge on any atom is -0.444 e. The molecule has 0 aromatic carbocycles. The molecule has 0 atom stereocenters. The Morgan fingerprint density at radius 1 is 0.750 bits per heavy atom. The average Bonchev–Trinajstić information content (AvgIpc) is 3.69. The van der Waals surface area contributed by atoms with E-state index in [2.05, 4.69) is 42.8 Å². The summed E-state index contributed by atoms with van der Waals surface area (Å²) in [6.07, 6.45) is 12.7. The van der Waals surface area contributed by atoms with E-state index in [1.54, 1.807) is 15.9 Å². The van der Waals surface area contributed by atoms with Gasteiger partial charge in [0.1, 0.15) is 16.4 Å². The van der Waals surface area contributed by atoms with Gasteiger partial charge in [0.2, 0.25) is 0 Å². The van der Waals surface area contributed by atoms with E-state index < -0.39 is 11.2 Å². The average molecular weight is 791 g/mol. The molecule has 12 nitrogen and oxygen atoms in total. The highest BCUT2D eigenvalue weighted by atomic mass is 127. The maximum Gasteiger partial charge on any atom is 0.410 e. The van der Waals surface area contributed by atoms with Crippen molar-refractivity contribution in [2.75, 3.05) is 26.2 Å². The number of halogens is 2. The first-order chi connectivity index (χ1) is 22.6. The molecule has 258 valence electrons. The molecular weight excluding hydrogens is 747 g/mol. The van der Waals surface area contributed by atoms with Crippen LogP contribution in [0.5, 0.6) is 0 Å². The first-order valence-electron chi connectivity index (χ1n) is 16.3. The van der Waals surface area contributed by atoms with Gasteiger partial charge in [0.05, 0.1) is 39.1 Å². The molecule has 2 fully saturated rings. The summed E-state index contributed by atoms with van der Waals surface area (Å²) in [5.74, 6) is 0. The summed E-state index contributed by atoms with van der Waals surface area (Å²) in [6.45, 7) is 14.1. The molecule has 48 heavy (non-hydrogen) atoms. The molecule has 2 amide bonds. The lowest BCUT2D eigenvalue weighted by Crippen LogP contribution is -2.42. The molecule has 2 aliphatic heterocycles. The van der Waals surface area contributed by atoms with Crippen LogP contribution in [-0.2, 0) is 9.47 Å². The Hall–Kier alpha value is -3.46. The number of rotatable bonds is 3. The van der Waals surface area contributed by atoms with Gasteiger partial charge in [-0.3, -0.25) is 14.3 Å². The lowest BCUT2D eigenvalue weighted by molar-refractivity contribution is 0.0174. The smallest absolute Gasteiger partial charge is 0.410 e. The lowest BCUT2D eigenvalue weighted by Gasteiger charge is -2.33. The van der Waals surface area contributed by atoms with E-state index >= 15 is 0 Å². The summed E-state index contributed by atoms with van der Waals surface area (Å²) in [4.78, 5) is 36.5. The molecule has 0 N–H and O–H groups in total. The second kappa shape index (κ2) is 15.0. The van der Waals surface area contributed by atoms with E-state index in [0.29, 0.717) is 24.3 Å². The number of likely N-dealkylation sites (tertiary alicyclic amines) is 2. The maximum atomic E-state index is 12.2. The zero-order chi connectivity index (χ0) is 34.6. The number of ether oxygens (including phenoxy) is 2. The highest BCUT2D eigenvalue weighted by Crippen LogP contribution is 2.28. The third-order valence-corrected chi connectivity index (χ3v) is 8.76. The predicted molar refractivity (Wildman–Crippen MR) is 193 cm³/mol. The van der Waals surface area contributed by atoms with E-state index in [9.17, 15) is 9.59 Å². The zero-order valence-corrected chi connectivity index (χ0v) is 31.3. The van der Waals surface area contributed by atoms with Gasteiger partial charge in [0, 0.05) is 55.9 Å². The van der Waals surface area contributed by atoms with Crippen molar-refractivity contribution in [3.8, 4) is 11.1 Å². The Bertz CT molecular complexity index is 1710. The second-order valence-corrected chi connectivity index (χ2v) is 15.8. The minimum atomic E-state index is -0.474. The summed E-state index contributed by atoms with van der Waals surface area (Å²) in [7, 11) is 0. The third kappa shape index (κ3) is 9.80. The molecule has 0 aliphatic carbocycles. The van der Waals surface area contributed by atoms with Crippen LogP contribution >= 0.6 is 34.2 Å². The van der Waals surface area contributed by atoms with Crippen LogP contribution in [0.25, 0.3) is 22.2 Å². The number of aromatic nitrogens is 6. The molecule has 6 rings (SSSR count). The van der Waals surface area contributed by atoms with E-state index in [-0.39, 0.29) is 18.2 Å². The Morgan fingerprint density at radius 2 is 1.27 bits per heavy atom. The van der Waals surface area contributed by atoms with Crippen molar-refractivity contribution in [2.45, 2.75) is 90.5 Å². The molecule has 6 heterocycles. The molecule has 2 saturated heterocycles. The normalized spacial score (nSPS) is 16.4. The molecule has 2 aliphatic rings. The largest absolute Gasteiger partial charge is 0.444 e. The summed E-state index contributed by atoms with van der Waals surface area (Å²) in [5, 5.41) is 9.34. The Labute approximate surface area is 300 Å². The first kappa shape index (κ1) is 35.8. The van der Waals surface area contributed by atoms with Gasteiger partial charge in [-0.15, -0.1) is 0 Å². The number of carbonyl (C=O) groups is 2. The molecule has 4 aromatic rings. The van der Waals surface area contributed by atoms with Crippen molar-refractivity contribution < 1.29 is 19.1 Å². The van der Waals surface area contributed by atoms with Crippen molar-refractivity contribution in [2.24, 2.45) is 0 Å². The van der Waals surface area contributed by atoms with Gasteiger partial charge in [-0.05, 0) is 108 Å². The van der Waals surface area contributed by atoms with Gasteiger partial charge in [-0.2, -0.15) is 10.2 Å². The second-order valence-electron chi connectivity index (χ2n) is 14.1. The molecule has 14 heteroatoms. The molecule has 0 radical (unpaired) electrons. The number of piperidine rings is 2. The number of pyridine rings is 2. The highest BCUT2D eigenvalue weighted by molar-refractivity contribution is 14.1. The summed E-state index contributed by atoms with van der Waals surface area (Å²) in [6, 6.07) is 6.21. The third-order valence-electron chi connectivity index (χ3n) is 7.99. The fraction of sp³-hybridized carbons (Fsp3) is 0.529. The standard InChI is InChI=1S/C21H24ClN5O2.C13H20IN3O2/c1-21(2,3)29-20(28)26-8-6-16(7-9-26)27-13-15(12-24-27)14-10-18-17(23-11-14)4-5-19(22)25-18;1-13(2,3)19-12(18)16-6-4-11(5-7-16)17-9-10(14)8-15-17/h4-5,10-13,16H,6-9H2,1-3H3;8-9,11H,4-7H2,1-3H3. The number of amides is 2. The van der Waals surface area contributed by atoms with Crippen molar-refractivity contribution in [3.05, 3.63) is 57.9 Å². The van der Waals surface area contributed by atoms with E-state index in [1.807, 2.05) is 94.0 Å². The van der Waals surface area contributed by atoms with Gasteiger partial charge in [0.25, 0.3) is 0 Å². The van der Waals surface area contributed by atoms with Gasteiger partial charge in [-0.1, -0.05) is 11.6 Å². The van der Waals surface area contributed by atoms with Crippen LogP contribution in [0.3, 0.4) is 0 Å². The predicted octanol–water partition coefficient (Wildman–Crippen LogP) is 7.78. The SMILES string of the molecule is CC(C)(C)OC(=O)N1CCC(n2cc(-c3cnc4ccc(Cl)nc4c3)cn2)CC1.CC(C)(C)OC(=O)N1CCC(n2cc(I)cn2)CC1. The summed E-state index contributed by atoms with van der Waals surface area (Å²) in [5.41, 5.74) is 2.60. The van der Waals surface area contributed by atoms with Gasteiger partial charge in [-0.25, -0.2) is 14.6 Å². The minimum absolute atomic E-state index is 0.207. The zero-order valence-electron chi connectivity index (χ0n) is 28.4. The van der Waals surface area contributed by atoms with Crippen molar-refractivity contribution in [1.82, 2.24) is 39.3 Å². The van der Waals surface area contributed by atoms with Gasteiger partial charge >= 0.3 is 12.2 Å². The van der Waals surface area contributed by atoms with E-state index in [0.717, 1.165) is 64.5 Å². The first-order valence-corrected chi connectivity index (χ1v) is 17.7. The Balaban J connectivity index is 0.000000206. The van der Waals surface area contributed by atoms with Crippen molar-refractivity contribution in [3.63, 3.8) is 0 Å². The fourth-order valence-electron chi connectivity index (χ4n) is 5.62. The van der Waals surface area contributed by atoms with Crippen LogP contribution in [0.2, 0.25) is 5.15 Å². The summed E-state index contributed by atoms with van der Waals surface area (Å²) < 4.78 is 16.0. The lowest BCUT2D eigenvalue weighted by atomic mass is 10.1. The van der Waals surface area contributed by atoms with Crippen molar-refractivity contribution in [1.29, 1.82) is 0 Å². The fourth-order valence-corrected chi connectivity index (χ4v) is 6.18. The van der Waals surface area contributed by atoms with Crippen LogP contribution in [0.15, 0.2) is 49.2 Å². The summed E-state index contributed by atoms with van der Waals surface area (Å²) >= 11 is 8.26. The van der Waals surface area contributed by atoms with Crippen molar-refractivity contribution >= 4 is 57.4 Å². The maximum absolute atomic E-state index is 12.2. The molecule has 0 saturated carbocycles. The van der Waals surface area contributed by atoms with Gasteiger partial charge < -0.3 is 19.3 Å². The Morgan fingerprint density at radius 3 is 1.77 bits per heavy atom. The van der Waals surface area contributed by atoms with Crippen LogP contribution < -0.4 is 0 Å². The molecule has 0 bridgehead atoms. The van der Waals surface area contributed by atoms with E-state index in [1.165, 1.54) is 0 Å². The highest BCUT2D eigenvalue weighted by Gasteiger charge is 2.29. The molecular formula is C34H44ClIN8O4. The van der Waals surface area contributed by atoms with Crippen LogP contribution in [0, 0.1) is 3.57 Å². The molecule has 0 spiro atoms. The van der Waals surface area contributed by atoms with Crippen LogP contribution in [0.4, 0.5) is 9.59 Å². The number of hydrogen-bond acceptors (Lipinski definition) is 8. The number of hydrogen-bond donors (Lipinski definition) is 0. The molecule has 0 unspecified atom stereocenters. The topological polar surface area (TPSA) is 120 Å². The monoisotopic (exact) mass is 790 g/mol. The van der Waals surface area contributed by atoms with Crippen LogP contribution in [0.1, 0.15) is 79.3 Å².